The van der Waals surface area contributed by atoms with E-state index in [4.69, 9.17) is 9.47 Å². The Bertz CT molecular complexity index is 547. The van der Waals surface area contributed by atoms with Crippen molar-refractivity contribution in [2.24, 2.45) is 0 Å². The molecule has 2 aromatic carbocycles. The maximum atomic E-state index is 10.8. The molecule has 0 amide bonds. The zero-order chi connectivity index (χ0) is 13.7. The second-order valence-corrected chi connectivity index (χ2v) is 6.83. The molecule has 0 saturated heterocycles. The van der Waals surface area contributed by atoms with Gasteiger partial charge in [-0.1, -0.05) is 0 Å². The molecule has 0 spiro atoms. The molecule has 0 N–H and O–H groups in total. The van der Waals surface area contributed by atoms with Crippen LogP contribution in [0.3, 0.4) is 0 Å². The molecule has 0 radical (unpaired) electrons. The van der Waals surface area contributed by atoms with Crippen molar-refractivity contribution in [3.8, 4) is 11.5 Å². The van der Waals surface area contributed by atoms with Gasteiger partial charge in [0.15, 0.2) is 0 Å². The predicted octanol–water partition coefficient (Wildman–Crippen LogP) is -0.251. The van der Waals surface area contributed by atoms with Gasteiger partial charge >= 0.3 is 123 Å². The summed E-state index contributed by atoms with van der Waals surface area (Å²) < 4.78 is 12.7. The number of hydrogen-bond acceptors (Lipinski definition) is 3. The van der Waals surface area contributed by atoms with Crippen molar-refractivity contribution < 1.29 is 35.5 Å². The fourth-order valence-electron chi connectivity index (χ4n) is 1.49. The van der Waals surface area contributed by atoms with Crippen molar-refractivity contribution >= 4 is 5.97 Å². The summed E-state index contributed by atoms with van der Waals surface area (Å²) in [5.74, 6) is 1.17. The standard InChI is InChI=1S/C15H14IO3/c1-11(17)19-15-9-5-13(6-10-15)16-12-3-7-14(18-2)8-4-12/h3-10H,1-2H3/q-1. The average Bonchev–Trinajstić information content (AvgIpc) is 2.41. The zero-order valence-electron chi connectivity index (χ0n) is 10.7. The molecule has 4 heteroatoms. The number of esters is 1. The molecule has 3 nitrogen and oxygen atoms in total. The van der Waals surface area contributed by atoms with Crippen molar-refractivity contribution in [2.45, 2.75) is 6.92 Å². The molecule has 19 heavy (non-hydrogen) atoms. The van der Waals surface area contributed by atoms with Gasteiger partial charge < -0.3 is 0 Å². The Balaban J connectivity index is 2.04. The van der Waals surface area contributed by atoms with E-state index in [-0.39, 0.29) is 27.2 Å². The molecule has 0 fully saturated rings. The van der Waals surface area contributed by atoms with Crippen LogP contribution in [-0.2, 0) is 4.79 Å². The third-order valence-corrected chi connectivity index (χ3v) is 5.03. The number of ether oxygens (including phenoxy) is 2. The van der Waals surface area contributed by atoms with E-state index in [1.54, 1.807) is 7.11 Å². The van der Waals surface area contributed by atoms with E-state index in [0.717, 1.165) is 5.75 Å². The number of rotatable bonds is 4. The fraction of sp³-hybridized carbons (Fsp3) is 0.133. The summed E-state index contributed by atoms with van der Waals surface area (Å²) >= 11 is -0.219. The summed E-state index contributed by atoms with van der Waals surface area (Å²) in [6.45, 7) is 1.40. The van der Waals surface area contributed by atoms with E-state index < -0.39 is 0 Å². The van der Waals surface area contributed by atoms with Crippen molar-refractivity contribution in [3.63, 3.8) is 0 Å². The molecule has 0 atom stereocenters. The SMILES string of the molecule is COc1ccc([I-]c2ccc(OC(C)=O)cc2)cc1. The Kier molecular flexibility index (Phi) is 4.79. The zero-order valence-corrected chi connectivity index (χ0v) is 12.9. The van der Waals surface area contributed by atoms with Crippen LogP contribution in [0.1, 0.15) is 6.92 Å². The van der Waals surface area contributed by atoms with Gasteiger partial charge in [0, 0.05) is 0 Å². The molecule has 0 aliphatic rings. The van der Waals surface area contributed by atoms with Gasteiger partial charge in [-0.15, -0.1) is 0 Å². The second kappa shape index (κ2) is 6.56. The van der Waals surface area contributed by atoms with Crippen LogP contribution in [0, 0.1) is 7.14 Å². The van der Waals surface area contributed by atoms with Gasteiger partial charge in [-0.05, 0) is 0 Å². The molecular weight excluding hydrogens is 355 g/mol. The summed E-state index contributed by atoms with van der Waals surface area (Å²) in [6.07, 6.45) is 0. The van der Waals surface area contributed by atoms with Crippen LogP contribution < -0.4 is 30.7 Å². The van der Waals surface area contributed by atoms with Crippen molar-refractivity contribution in [1.29, 1.82) is 0 Å². The van der Waals surface area contributed by atoms with E-state index >= 15 is 0 Å². The minimum absolute atomic E-state index is 0.219. The number of halogens is 1. The maximum absolute atomic E-state index is 10.8. The summed E-state index contributed by atoms with van der Waals surface area (Å²) in [7, 11) is 1.66. The number of methoxy groups -OCH3 is 1. The predicted molar refractivity (Wildman–Crippen MR) is 68.1 cm³/mol. The first kappa shape index (κ1) is 13.9. The molecule has 0 heterocycles. The van der Waals surface area contributed by atoms with Gasteiger partial charge in [-0.25, -0.2) is 0 Å². The van der Waals surface area contributed by atoms with Crippen LogP contribution in [0.5, 0.6) is 11.5 Å². The molecule has 0 saturated carbocycles. The number of carbonyl (C=O) groups excluding carboxylic acids is 1. The number of benzene rings is 2. The number of hydrogen-bond donors (Lipinski definition) is 0. The third kappa shape index (κ3) is 4.24. The minimum atomic E-state index is -0.294. The van der Waals surface area contributed by atoms with E-state index in [1.807, 2.05) is 36.4 Å². The van der Waals surface area contributed by atoms with Gasteiger partial charge in [0.1, 0.15) is 0 Å². The fourth-order valence-corrected chi connectivity index (χ4v) is 3.65. The number of carbonyl (C=O) groups is 1. The summed E-state index contributed by atoms with van der Waals surface area (Å²) in [5, 5.41) is 0. The van der Waals surface area contributed by atoms with E-state index in [2.05, 4.69) is 12.1 Å². The van der Waals surface area contributed by atoms with Crippen LogP contribution in [-0.4, -0.2) is 13.1 Å². The van der Waals surface area contributed by atoms with E-state index in [9.17, 15) is 4.79 Å². The Morgan fingerprint density at radius 1 is 0.895 bits per heavy atom. The van der Waals surface area contributed by atoms with E-state index in [1.165, 1.54) is 14.1 Å². The first-order chi connectivity index (χ1) is 9.17. The van der Waals surface area contributed by atoms with Crippen molar-refractivity contribution in [3.05, 3.63) is 55.7 Å². The summed E-state index contributed by atoms with van der Waals surface area (Å²) in [4.78, 5) is 10.8. The molecule has 0 aliphatic heterocycles. The van der Waals surface area contributed by atoms with Gasteiger partial charge in [-0.3, -0.25) is 0 Å². The Morgan fingerprint density at radius 2 is 1.37 bits per heavy atom. The van der Waals surface area contributed by atoms with Crippen LogP contribution in [0.15, 0.2) is 48.5 Å². The molecule has 0 unspecified atom stereocenters. The van der Waals surface area contributed by atoms with Crippen LogP contribution in [0.2, 0.25) is 0 Å². The molecule has 2 aromatic rings. The van der Waals surface area contributed by atoms with Crippen molar-refractivity contribution in [1.82, 2.24) is 0 Å². The first-order valence-corrected chi connectivity index (χ1v) is 7.90. The van der Waals surface area contributed by atoms with Crippen LogP contribution >= 0.6 is 0 Å². The molecule has 0 bridgehead atoms. The third-order valence-electron chi connectivity index (χ3n) is 2.34. The van der Waals surface area contributed by atoms with Crippen LogP contribution in [0.4, 0.5) is 0 Å². The molecule has 100 valence electrons. The summed E-state index contributed by atoms with van der Waals surface area (Å²) in [5.41, 5.74) is 0. The Morgan fingerprint density at radius 3 is 1.79 bits per heavy atom. The Hall–Kier alpha value is -1.56. The molecule has 2 rings (SSSR count). The monoisotopic (exact) mass is 369 g/mol. The average molecular weight is 369 g/mol. The van der Waals surface area contributed by atoms with Gasteiger partial charge in [0.25, 0.3) is 0 Å². The molecular formula is C15H14IO3-. The summed E-state index contributed by atoms with van der Waals surface area (Å²) in [6, 6.07) is 15.8. The second-order valence-electron chi connectivity index (χ2n) is 3.80. The van der Waals surface area contributed by atoms with Crippen molar-refractivity contribution in [2.75, 3.05) is 7.11 Å². The topological polar surface area (TPSA) is 35.5 Å². The van der Waals surface area contributed by atoms with Gasteiger partial charge in [0.2, 0.25) is 0 Å². The first-order valence-electron chi connectivity index (χ1n) is 5.75. The Labute approximate surface area is 122 Å². The molecule has 0 aliphatic carbocycles. The normalized spacial score (nSPS) is 10.2. The van der Waals surface area contributed by atoms with Gasteiger partial charge in [-0.2, -0.15) is 0 Å². The molecule has 0 aromatic heterocycles. The quantitative estimate of drug-likeness (QED) is 0.424. The van der Waals surface area contributed by atoms with Crippen LogP contribution in [0.25, 0.3) is 0 Å². The van der Waals surface area contributed by atoms with Gasteiger partial charge in [0.05, 0.1) is 0 Å². The van der Waals surface area contributed by atoms with E-state index in [0.29, 0.717) is 5.75 Å².